The molecule has 0 bridgehead atoms. The molecule has 1 N–H and O–H groups in total. The first-order valence-electron chi connectivity index (χ1n) is 7.71. The van der Waals surface area contributed by atoms with E-state index in [1.165, 1.54) is 0 Å². The van der Waals surface area contributed by atoms with E-state index in [-0.39, 0.29) is 36.7 Å². The number of Topliss-reactive ketones (excluding diaryl/α,β-unsaturated/α-hetero) is 1. The standard InChI is InChI=1S/C16H27BrN2O3/c1-10-12(17)6-7-13(19-10)14(20)8-11(18-5)9-15(21)22-16(2,3)4/h10,12-13,19H,6-9H2,1-5H3. The van der Waals surface area contributed by atoms with E-state index < -0.39 is 5.60 Å². The van der Waals surface area contributed by atoms with Gasteiger partial charge < -0.3 is 10.1 Å². The SMILES string of the molecule is CN=C(CC(=O)OC(C)(C)C)CC(=O)C1CCC(Br)C(C)N1. The number of carbonyl (C=O) groups is 2. The van der Waals surface area contributed by atoms with Crippen LogP contribution in [0.4, 0.5) is 0 Å². The average molecular weight is 375 g/mol. The highest BCUT2D eigenvalue weighted by Gasteiger charge is 2.30. The second-order valence-electron chi connectivity index (χ2n) is 6.80. The van der Waals surface area contributed by atoms with Gasteiger partial charge in [0.15, 0.2) is 5.78 Å². The number of aliphatic imine (C=N–C) groups is 1. The normalized spacial score (nSPS) is 26.6. The summed E-state index contributed by atoms with van der Waals surface area (Å²) in [4.78, 5) is 28.7. The van der Waals surface area contributed by atoms with Crippen molar-refractivity contribution in [1.82, 2.24) is 5.32 Å². The third kappa shape index (κ3) is 6.57. The smallest absolute Gasteiger partial charge is 0.312 e. The van der Waals surface area contributed by atoms with Crippen molar-refractivity contribution >= 4 is 33.4 Å². The third-order valence-corrected chi connectivity index (χ3v) is 4.84. The molecule has 1 rings (SSSR count). The topological polar surface area (TPSA) is 67.8 Å². The van der Waals surface area contributed by atoms with Crippen molar-refractivity contribution in [2.75, 3.05) is 7.05 Å². The Morgan fingerprint density at radius 2 is 1.91 bits per heavy atom. The lowest BCUT2D eigenvalue weighted by molar-refractivity contribution is -0.153. The minimum atomic E-state index is -0.523. The van der Waals surface area contributed by atoms with Gasteiger partial charge in [-0.15, -0.1) is 0 Å². The zero-order valence-corrected chi connectivity index (χ0v) is 15.7. The number of alkyl halides is 1. The Balaban J connectivity index is 2.52. The van der Waals surface area contributed by atoms with E-state index >= 15 is 0 Å². The van der Waals surface area contributed by atoms with E-state index in [9.17, 15) is 9.59 Å². The number of rotatable bonds is 5. The van der Waals surface area contributed by atoms with Gasteiger partial charge in [0.2, 0.25) is 0 Å². The van der Waals surface area contributed by atoms with E-state index in [4.69, 9.17) is 4.74 Å². The lowest BCUT2D eigenvalue weighted by Gasteiger charge is -2.32. The van der Waals surface area contributed by atoms with Crippen molar-refractivity contribution in [1.29, 1.82) is 0 Å². The third-order valence-electron chi connectivity index (χ3n) is 3.59. The maximum Gasteiger partial charge on any atom is 0.312 e. The molecule has 5 nitrogen and oxygen atoms in total. The van der Waals surface area contributed by atoms with Crippen LogP contribution in [0.15, 0.2) is 4.99 Å². The van der Waals surface area contributed by atoms with Crippen LogP contribution in [0.2, 0.25) is 0 Å². The molecule has 1 aliphatic heterocycles. The second kappa shape index (κ2) is 8.20. The van der Waals surface area contributed by atoms with Crippen molar-refractivity contribution in [3.8, 4) is 0 Å². The van der Waals surface area contributed by atoms with E-state index in [1.54, 1.807) is 7.05 Å². The first-order valence-corrected chi connectivity index (χ1v) is 8.63. The van der Waals surface area contributed by atoms with Gasteiger partial charge in [0.1, 0.15) is 5.60 Å². The summed E-state index contributed by atoms with van der Waals surface area (Å²) in [5.41, 5.74) is 0.0558. The molecule has 3 atom stereocenters. The Morgan fingerprint density at radius 1 is 1.27 bits per heavy atom. The number of nitrogens with one attached hydrogen (secondary N) is 1. The molecule has 3 unspecified atom stereocenters. The number of halogens is 1. The number of nitrogens with zero attached hydrogens (tertiary/aromatic N) is 1. The van der Waals surface area contributed by atoms with Crippen molar-refractivity contribution in [2.24, 2.45) is 4.99 Å². The van der Waals surface area contributed by atoms with Gasteiger partial charge in [0, 0.05) is 30.0 Å². The van der Waals surface area contributed by atoms with E-state index in [2.05, 4.69) is 33.2 Å². The van der Waals surface area contributed by atoms with Gasteiger partial charge in [-0.05, 0) is 40.5 Å². The number of piperidine rings is 1. The van der Waals surface area contributed by atoms with Crippen molar-refractivity contribution in [3.63, 3.8) is 0 Å². The molecule has 1 saturated heterocycles. The highest BCUT2D eigenvalue weighted by Crippen LogP contribution is 2.21. The summed E-state index contributed by atoms with van der Waals surface area (Å²) < 4.78 is 5.28. The molecule has 0 amide bonds. The zero-order valence-electron chi connectivity index (χ0n) is 14.1. The van der Waals surface area contributed by atoms with Crippen LogP contribution in [0.1, 0.15) is 53.4 Å². The fraction of sp³-hybridized carbons (Fsp3) is 0.812. The van der Waals surface area contributed by atoms with Gasteiger partial charge in [0.05, 0.1) is 12.5 Å². The van der Waals surface area contributed by atoms with Crippen molar-refractivity contribution in [2.45, 2.75) is 75.9 Å². The molecule has 0 saturated carbocycles. The first-order chi connectivity index (χ1) is 10.1. The zero-order chi connectivity index (χ0) is 16.9. The molecule has 1 aliphatic rings. The van der Waals surface area contributed by atoms with E-state index in [1.807, 2.05) is 20.8 Å². The van der Waals surface area contributed by atoms with E-state index in [0.29, 0.717) is 10.5 Å². The number of esters is 1. The van der Waals surface area contributed by atoms with Crippen LogP contribution in [-0.4, -0.2) is 47.0 Å². The maximum absolute atomic E-state index is 12.4. The number of ketones is 1. The fourth-order valence-corrected chi connectivity index (χ4v) is 2.84. The molecule has 6 heteroatoms. The van der Waals surface area contributed by atoms with Gasteiger partial charge in [-0.1, -0.05) is 15.9 Å². The Labute approximate surface area is 141 Å². The summed E-state index contributed by atoms with van der Waals surface area (Å²) in [5.74, 6) is -0.248. The predicted octanol–water partition coefficient (Wildman–Crippen LogP) is 2.65. The summed E-state index contributed by atoms with van der Waals surface area (Å²) in [5, 5.41) is 3.32. The predicted molar refractivity (Wildman–Crippen MR) is 91.8 cm³/mol. The molecule has 0 aromatic heterocycles. The van der Waals surface area contributed by atoms with Gasteiger partial charge in [-0.3, -0.25) is 14.6 Å². The summed E-state index contributed by atoms with van der Waals surface area (Å²) in [6.07, 6.45) is 2.05. The van der Waals surface area contributed by atoms with Crippen LogP contribution in [0.3, 0.4) is 0 Å². The first kappa shape index (κ1) is 19.3. The molecule has 1 heterocycles. The lowest BCUT2D eigenvalue weighted by Crippen LogP contribution is -2.50. The molecule has 126 valence electrons. The molecule has 22 heavy (non-hydrogen) atoms. The van der Waals surface area contributed by atoms with Crippen LogP contribution in [-0.2, 0) is 14.3 Å². The highest BCUT2D eigenvalue weighted by molar-refractivity contribution is 9.09. The minimum Gasteiger partial charge on any atom is -0.460 e. The van der Waals surface area contributed by atoms with Gasteiger partial charge >= 0.3 is 5.97 Å². The number of hydrogen-bond acceptors (Lipinski definition) is 5. The Kier molecular flexibility index (Phi) is 7.19. The summed E-state index contributed by atoms with van der Waals surface area (Å²) in [6, 6.07) is 0.106. The quantitative estimate of drug-likeness (QED) is 0.456. The molecular formula is C16H27BrN2O3. The minimum absolute atomic E-state index is 0.0723. The van der Waals surface area contributed by atoms with Gasteiger partial charge in [0.25, 0.3) is 0 Å². The van der Waals surface area contributed by atoms with Crippen molar-refractivity contribution in [3.05, 3.63) is 0 Å². The number of ether oxygens (including phenoxy) is 1. The van der Waals surface area contributed by atoms with Gasteiger partial charge in [-0.2, -0.15) is 0 Å². The lowest BCUT2D eigenvalue weighted by atomic mass is 9.94. The Morgan fingerprint density at radius 3 is 2.41 bits per heavy atom. The maximum atomic E-state index is 12.4. The van der Waals surface area contributed by atoms with Crippen molar-refractivity contribution < 1.29 is 14.3 Å². The Bertz CT molecular complexity index is 443. The average Bonchev–Trinajstić information content (AvgIpc) is 2.38. The molecule has 0 spiro atoms. The largest absolute Gasteiger partial charge is 0.460 e. The molecule has 0 radical (unpaired) electrons. The van der Waals surface area contributed by atoms with Crippen LogP contribution in [0, 0.1) is 0 Å². The van der Waals surface area contributed by atoms with E-state index in [0.717, 1.165) is 12.8 Å². The molecule has 0 aromatic rings. The molecule has 1 fully saturated rings. The molecule has 0 aliphatic carbocycles. The number of hydrogen-bond donors (Lipinski definition) is 1. The second-order valence-corrected chi connectivity index (χ2v) is 7.97. The monoisotopic (exact) mass is 374 g/mol. The van der Waals surface area contributed by atoms with Crippen LogP contribution in [0.5, 0.6) is 0 Å². The number of carbonyl (C=O) groups excluding carboxylic acids is 2. The highest BCUT2D eigenvalue weighted by atomic mass is 79.9. The van der Waals surface area contributed by atoms with Crippen LogP contribution >= 0.6 is 15.9 Å². The summed E-state index contributed by atoms with van der Waals surface area (Å²) in [7, 11) is 1.61. The van der Waals surface area contributed by atoms with Gasteiger partial charge in [-0.25, -0.2) is 0 Å². The molecular weight excluding hydrogens is 348 g/mol. The molecule has 0 aromatic carbocycles. The van der Waals surface area contributed by atoms with Crippen LogP contribution < -0.4 is 5.32 Å². The summed E-state index contributed by atoms with van der Waals surface area (Å²) >= 11 is 3.60. The van der Waals surface area contributed by atoms with Crippen LogP contribution in [0.25, 0.3) is 0 Å². The Hall–Kier alpha value is -0.750. The summed E-state index contributed by atoms with van der Waals surface area (Å²) in [6.45, 7) is 7.53. The fourth-order valence-electron chi connectivity index (χ4n) is 2.42.